The molecular formula is C22H42N4O4. The van der Waals surface area contributed by atoms with Crippen LogP contribution in [0.25, 0.3) is 0 Å². The highest BCUT2D eigenvalue weighted by Gasteiger charge is 2.37. The van der Waals surface area contributed by atoms with E-state index in [1.165, 1.54) is 0 Å². The van der Waals surface area contributed by atoms with E-state index in [1.54, 1.807) is 0 Å². The second-order valence-electron chi connectivity index (χ2n) is 10.1. The Morgan fingerprint density at radius 3 is 1.40 bits per heavy atom. The van der Waals surface area contributed by atoms with Crippen LogP contribution in [0.3, 0.4) is 0 Å². The molecule has 0 aromatic carbocycles. The molecule has 2 rings (SSSR count). The molecule has 8 heteroatoms. The van der Waals surface area contributed by atoms with Crippen LogP contribution >= 0.6 is 0 Å². The van der Waals surface area contributed by atoms with Gasteiger partial charge in [-0.3, -0.25) is 9.80 Å². The van der Waals surface area contributed by atoms with Gasteiger partial charge in [0.1, 0.15) is 11.2 Å². The van der Waals surface area contributed by atoms with Gasteiger partial charge < -0.3 is 20.1 Å². The second-order valence-corrected chi connectivity index (χ2v) is 10.1. The number of hydrogen-bond donors (Lipinski definition) is 2. The van der Waals surface area contributed by atoms with Crippen molar-refractivity contribution in [2.45, 2.75) is 90.5 Å². The van der Waals surface area contributed by atoms with E-state index in [9.17, 15) is 9.59 Å². The van der Waals surface area contributed by atoms with Crippen LogP contribution in [-0.4, -0.2) is 84.5 Å². The van der Waals surface area contributed by atoms with Crippen molar-refractivity contribution in [2.24, 2.45) is 0 Å². The number of ether oxygens (including phenoxy) is 2. The van der Waals surface area contributed by atoms with Crippen molar-refractivity contribution in [2.75, 3.05) is 39.3 Å². The van der Waals surface area contributed by atoms with Crippen molar-refractivity contribution in [3.8, 4) is 0 Å². The fraction of sp³-hybridized carbons (Fsp3) is 0.909. The van der Waals surface area contributed by atoms with Crippen LogP contribution in [0.2, 0.25) is 0 Å². The Morgan fingerprint density at radius 2 is 1.10 bits per heavy atom. The van der Waals surface area contributed by atoms with Gasteiger partial charge in [-0.05, 0) is 54.4 Å². The zero-order valence-corrected chi connectivity index (χ0v) is 19.8. The molecule has 0 saturated carbocycles. The lowest BCUT2D eigenvalue weighted by Gasteiger charge is -2.26. The zero-order valence-electron chi connectivity index (χ0n) is 19.8. The van der Waals surface area contributed by atoms with Crippen molar-refractivity contribution < 1.29 is 19.1 Å². The lowest BCUT2D eigenvalue weighted by Crippen LogP contribution is -2.40. The summed E-state index contributed by atoms with van der Waals surface area (Å²) in [5.41, 5.74) is -0.948. The smallest absolute Gasteiger partial charge is 0.407 e. The summed E-state index contributed by atoms with van der Waals surface area (Å²) in [5, 5.41) is 5.66. The Morgan fingerprint density at radius 1 is 0.767 bits per heavy atom. The van der Waals surface area contributed by atoms with E-state index in [-0.39, 0.29) is 12.2 Å². The van der Waals surface area contributed by atoms with E-state index in [0.29, 0.717) is 25.2 Å². The number of hydrogen-bond acceptors (Lipinski definition) is 6. The monoisotopic (exact) mass is 426 g/mol. The molecule has 2 amide bonds. The molecule has 2 fully saturated rings. The van der Waals surface area contributed by atoms with Gasteiger partial charge in [0.2, 0.25) is 0 Å². The maximum absolute atomic E-state index is 11.9. The van der Waals surface area contributed by atoms with E-state index >= 15 is 0 Å². The van der Waals surface area contributed by atoms with E-state index in [0.717, 1.165) is 51.9 Å². The minimum Gasteiger partial charge on any atom is -0.442 e. The molecule has 0 aliphatic carbocycles. The second kappa shape index (κ2) is 10.7. The van der Waals surface area contributed by atoms with E-state index in [4.69, 9.17) is 9.47 Å². The van der Waals surface area contributed by atoms with Crippen LogP contribution in [0.1, 0.15) is 67.2 Å². The number of rotatable bonds is 13. The quantitative estimate of drug-likeness (QED) is 0.348. The number of unbranched alkanes of at least 4 members (excludes halogenated alkanes) is 3. The molecule has 174 valence electrons. The summed E-state index contributed by atoms with van der Waals surface area (Å²) in [6.07, 6.45) is 3.07. The first-order valence-corrected chi connectivity index (χ1v) is 11.4. The van der Waals surface area contributed by atoms with Gasteiger partial charge in [-0.1, -0.05) is 12.8 Å². The van der Waals surface area contributed by atoms with Gasteiger partial charge in [-0.25, -0.2) is 9.59 Å². The number of nitrogens with one attached hydrogen (secondary N) is 2. The molecule has 2 saturated heterocycles. The third kappa shape index (κ3) is 9.98. The number of carbonyl (C=O) groups excluding carboxylic acids is 2. The molecular weight excluding hydrogens is 384 g/mol. The van der Waals surface area contributed by atoms with Crippen molar-refractivity contribution in [3.63, 3.8) is 0 Å². The molecule has 2 heterocycles. The molecule has 4 unspecified atom stereocenters. The molecule has 30 heavy (non-hydrogen) atoms. The van der Waals surface area contributed by atoms with E-state index in [2.05, 4.69) is 34.3 Å². The normalized spacial score (nSPS) is 25.4. The van der Waals surface area contributed by atoms with Crippen LogP contribution in [0, 0.1) is 0 Å². The Kier molecular flexibility index (Phi) is 8.79. The van der Waals surface area contributed by atoms with Gasteiger partial charge in [0.05, 0.1) is 0 Å². The first-order valence-electron chi connectivity index (χ1n) is 11.4. The van der Waals surface area contributed by atoms with Gasteiger partial charge in [0, 0.05) is 51.4 Å². The van der Waals surface area contributed by atoms with Gasteiger partial charge in [-0.2, -0.15) is 0 Å². The van der Waals surface area contributed by atoms with Crippen LogP contribution in [0.5, 0.6) is 0 Å². The standard InChI is InChI=1S/C22H42N4O4/c1-17-13-25(17)15-21(3,4)29-19(27)23-11-9-7-8-10-12-24-20(28)30-22(5,6)16-26-14-18(26)2/h17-18H,7-16H2,1-6H3,(H,23,27)(H,24,28). The summed E-state index contributed by atoms with van der Waals surface area (Å²) in [4.78, 5) is 28.4. The van der Waals surface area contributed by atoms with E-state index in [1.807, 2.05) is 27.7 Å². The SMILES string of the molecule is CC1CN1CC(C)(C)OC(=O)NCCCCCCNC(=O)OC(C)(C)CN1CC1C. The first-order chi connectivity index (χ1) is 14.0. The fourth-order valence-electron chi connectivity index (χ4n) is 3.63. The average molecular weight is 427 g/mol. The Balaban J connectivity index is 1.42. The molecule has 0 aromatic rings. The lowest BCUT2D eigenvalue weighted by molar-refractivity contribution is 0.0269. The van der Waals surface area contributed by atoms with Crippen molar-refractivity contribution >= 4 is 12.2 Å². The predicted molar refractivity (Wildman–Crippen MR) is 118 cm³/mol. The summed E-state index contributed by atoms with van der Waals surface area (Å²) in [5.74, 6) is 0. The van der Waals surface area contributed by atoms with Crippen molar-refractivity contribution in [3.05, 3.63) is 0 Å². The zero-order chi connectivity index (χ0) is 22.4. The number of carbonyl (C=O) groups is 2. The molecule has 2 aliphatic rings. The summed E-state index contributed by atoms with van der Waals surface area (Å²) in [7, 11) is 0. The van der Waals surface area contributed by atoms with E-state index < -0.39 is 11.2 Å². The molecule has 4 atom stereocenters. The highest BCUT2D eigenvalue weighted by atomic mass is 16.6. The van der Waals surface area contributed by atoms with Gasteiger partial charge in [0.15, 0.2) is 0 Å². The molecule has 0 aromatic heterocycles. The maximum Gasteiger partial charge on any atom is 0.407 e. The van der Waals surface area contributed by atoms with Crippen LogP contribution in [-0.2, 0) is 9.47 Å². The molecule has 2 aliphatic heterocycles. The number of amides is 2. The maximum atomic E-state index is 11.9. The molecule has 0 spiro atoms. The van der Waals surface area contributed by atoms with Crippen LogP contribution in [0.4, 0.5) is 9.59 Å². The minimum atomic E-state index is -0.474. The average Bonchev–Trinajstić information content (AvgIpc) is 3.48. The molecule has 0 bridgehead atoms. The first kappa shape index (κ1) is 24.7. The van der Waals surface area contributed by atoms with Crippen molar-refractivity contribution in [1.82, 2.24) is 20.4 Å². The predicted octanol–water partition coefficient (Wildman–Crippen LogP) is 2.96. The van der Waals surface area contributed by atoms with Gasteiger partial charge in [0.25, 0.3) is 0 Å². The molecule has 8 nitrogen and oxygen atoms in total. The Hall–Kier alpha value is -1.54. The van der Waals surface area contributed by atoms with Gasteiger partial charge in [-0.15, -0.1) is 0 Å². The lowest BCUT2D eigenvalue weighted by atomic mass is 10.1. The summed E-state index contributed by atoms with van der Waals surface area (Å²) in [6, 6.07) is 1.20. The fourth-order valence-corrected chi connectivity index (χ4v) is 3.63. The number of alkyl carbamates (subject to hydrolysis) is 2. The number of nitrogens with zero attached hydrogens (tertiary/aromatic N) is 2. The minimum absolute atomic E-state index is 0.349. The highest BCUT2D eigenvalue weighted by Crippen LogP contribution is 2.23. The molecule has 2 N–H and O–H groups in total. The summed E-state index contributed by atoms with van der Waals surface area (Å²) < 4.78 is 11.1. The third-order valence-electron chi connectivity index (χ3n) is 5.52. The van der Waals surface area contributed by atoms with Crippen LogP contribution in [0.15, 0.2) is 0 Å². The van der Waals surface area contributed by atoms with Crippen LogP contribution < -0.4 is 10.6 Å². The summed E-state index contributed by atoms with van der Waals surface area (Å²) in [6.45, 7) is 17.0. The summed E-state index contributed by atoms with van der Waals surface area (Å²) >= 11 is 0. The molecule has 0 radical (unpaired) electrons. The van der Waals surface area contributed by atoms with Crippen molar-refractivity contribution in [1.29, 1.82) is 0 Å². The Labute approximate surface area is 182 Å². The largest absolute Gasteiger partial charge is 0.442 e. The third-order valence-corrected chi connectivity index (χ3v) is 5.52. The topological polar surface area (TPSA) is 82.7 Å². The Bertz CT molecular complexity index is 531. The highest BCUT2D eigenvalue weighted by molar-refractivity contribution is 5.68. The van der Waals surface area contributed by atoms with Gasteiger partial charge >= 0.3 is 12.2 Å².